The lowest BCUT2D eigenvalue weighted by Crippen LogP contribution is -2.43. The third-order valence-corrected chi connectivity index (χ3v) is 4.35. The third kappa shape index (κ3) is 4.29. The number of aryl methyl sites for hydroxylation is 2. The number of carbonyl (C=O) groups excluding carboxylic acids is 1. The van der Waals surface area contributed by atoms with Crippen LogP contribution in [0.1, 0.15) is 29.5 Å². The zero-order valence-electron chi connectivity index (χ0n) is 13.2. The average molecular weight is 289 g/mol. The van der Waals surface area contributed by atoms with Crippen LogP contribution in [0.3, 0.4) is 0 Å². The van der Waals surface area contributed by atoms with Gasteiger partial charge in [-0.25, -0.2) is 0 Å². The van der Waals surface area contributed by atoms with Crippen LogP contribution in [0, 0.1) is 19.8 Å². The molecule has 0 bridgehead atoms. The Hall–Kier alpha value is -1.39. The smallest absolute Gasteiger partial charge is 0.224 e. The lowest BCUT2D eigenvalue weighted by molar-refractivity contribution is -0.126. The molecule has 0 spiro atoms. The Morgan fingerprint density at radius 1 is 1.38 bits per heavy atom. The number of hydrogen-bond donors (Lipinski definition) is 2. The number of nitrogens with zero attached hydrogens (tertiary/aromatic N) is 1. The first-order valence-corrected chi connectivity index (χ1v) is 7.87. The van der Waals surface area contributed by atoms with Crippen molar-refractivity contribution in [3.05, 3.63) is 34.9 Å². The van der Waals surface area contributed by atoms with E-state index in [2.05, 4.69) is 42.3 Å². The molecule has 1 amide bonds. The first-order chi connectivity index (χ1) is 10.1. The molecule has 1 heterocycles. The number of rotatable bonds is 5. The molecule has 4 heteroatoms. The molecule has 3 N–H and O–H groups in total. The van der Waals surface area contributed by atoms with E-state index in [1.807, 2.05) is 0 Å². The second-order valence-electron chi connectivity index (χ2n) is 6.02. The van der Waals surface area contributed by atoms with Crippen molar-refractivity contribution in [2.45, 2.75) is 33.2 Å². The van der Waals surface area contributed by atoms with E-state index in [1.54, 1.807) is 0 Å². The number of nitrogens with two attached hydrogens (primary N) is 1. The predicted octanol–water partition coefficient (Wildman–Crippen LogP) is 1.59. The van der Waals surface area contributed by atoms with Crippen LogP contribution in [0.15, 0.2) is 18.2 Å². The van der Waals surface area contributed by atoms with Crippen molar-refractivity contribution in [1.29, 1.82) is 0 Å². The number of likely N-dealkylation sites (tertiary alicyclic amines) is 1. The summed E-state index contributed by atoms with van der Waals surface area (Å²) in [5.74, 6) is 0.265. The lowest BCUT2D eigenvalue weighted by Gasteiger charge is -2.32. The topological polar surface area (TPSA) is 58.4 Å². The monoisotopic (exact) mass is 289 g/mol. The molecular formula is C17H27N3O. The number of hydrogen-bond acceptors (Lipinski definition) is 3. The summed E-state index contributed by atoms with van der Waals surface area (Å²) >= 11 is 0. The van der Waals surface area contributed by atoms with E-state index in [9.17, 15) is 4.79 Å². The van der Waals surface area contributed by atoms with Crippen LogP contribution in [-0.2, 0) is 11.3 Å². The van der Waals surface area contributed by atoms with Crippen molar-refractivity contribution in [2.75, 3.05) is 26.2 Å². The largest absolute Gasteiger partial charge is 0.355 e. The van der Waals surface area contributed by atoms with Crippen LogP contribution >= 0.6 is 0 Å². The molecule has 1 saturated heterocycles. The molecule has 0 saturated carbocycles. The molecule has 21 heavy (non-hydrogen) atoms. The van der Waals surface area contributed by atoms with Gasteiger partial charge in [-0.15, -0.1) is 0 Å². The predicted molar refractivity (Wildman–Crippen MR) is 86.0 cm³/mol. The van der Waals surface area contributed by atoms with Crippen molar-refractivity contribution in [3.63, 3.8) is 0 Å². The lowest BCUT2D eigenvalue weighted by atomic mass is 9.95. The Kier molecular flexibility index (Phi) is 5.76. The molecular weight excluding hydrogens is 262 g/mol. The van der Waals surface area contributed by atoms with Crippen molar-refractivity contribution in [2.24, 2.45) is 11.7 Å². The van der Waals surface area contributed by atoms with E-state index in [4.69, 9.17) is 5.73 Å². The van der Waals surface area contributed by atoms with E-state index in [0.29, 0.717) is 13.1 Å². The van der Waals surface area contributed by atoms with Gasteiger partial charge in [-0.1, -0.05) is 18.2 Å². The second kappa shape index (κ2) is 7.57. The first-order valence-electron chi connectivity index (χ1n) is 7.87. The van der Waals surface area contributed by atoms with Gasteiger partial charge in [-0.3, -0.25) is 9.69 Å². The maximum atomic E-state index is 12.1. The average Bonchev–Trinajstić information content (AvgIpc) is 2.49. The van der Waals surface area contributed by atoms with Gasteiger partial charge in [0.05, 0.1) is 5.92 Å². The molecule has 1 atom stereocenters. The Bertz CT molecular complexity index is 467. The van der Waals surface area contributed by atoms with E-state index in [-0.39, 0.29) is 11.8 Å². The molecule has 1 aromatic carbocycles. The highest BCUT2D eigenvalue weighted by Crippen LogP contribution is 2.21. The number of benzene rings is 1. The SMILES string of the molecule is Cc1cccc(C)c1CN1CCCC(C(=O)NCCN)C1. The second-order valence-corrected chi connectivity index (χ2v) is 6.02. The fraction of sp³-hybridized carbons (Fsp3) is 0.588. The number of nitrogens with one attached hydrogen (secondary N) is 1. The summed E-state index contributed by atoms with van der Waals surface area (Å²) in [6.45, 7) is 8.28. The van der Waals surface area contributed by atoms with Crippen molar-refractivity contribution < 1.29 is 4.79 Å². The zero-order valence-corrected chi connectivity index (χ0v) is 13.2. The molecule has 1 fully saturated rings. The van der Waals surface area contributed by atoms with Gasteiger partial charge in [0, 0.05) is 26.2 Å². The standard InChI is InChI=1S/C17H27N3O/c1-13-5-3-6-14(2)16(13)12-20-10-4-7-15(11-20)17(21)19-9-8-18/h3,5-6,15H,4,7-12,18H2,1-2H3,(H,19,21). The molecule has 1 aliphatic heterocycles. The van der Waals surface area contributed by atoms with Gasteiger partial charge in [0.25, 0.3) is 0 Å². The van der Waals surface area contributed by atoms with Crippen LogP contribution in [-0.4, -0.2) is 37.0 Å². The minimum absolute atomic E-state index is 0.106. The van der Waals surface area contributed by atoms with Gasteiger partial charge in [-0.05, 0) is 49.9 Å². The fourth-order valence-corrected chi connectivity index (χ4v) is 3.07. The Balaban J connectivity index is 1.96. The van der Waals surface area contributed by atoms with Gasteiger partial charge in [0.15, 0.2) is 0 Å². The Morgan fingerprint density at radius 3 is 2.76 bits per heavy atom. The fourth-order valence-electron chi connectivity index (χ4n) is 3.07. The summed E-state index contributed by atoms with van der Waals surface area (Å²) in [6.07, 6.45) is 2.07. The third-order valence-electron chi connectivity index (χ3n) is 4.35. The molecule has 116 valence electrons. The number of carbonyl (C=O) groups is 1. The van der Waals surface area contributed by atoms with Gasteiger partial charge < -0.3 is 11.1 Å². The van der Waals surface area contributed by atoms with Gasteiger partial charge in [-0.2, -0.15) is 0 Å². The van der Waals surface area contributed by atoms with E-state index in [0.717, 1.165) is 32.5 Å². The minimum atomic E-state index is 0.106. The molecule has 4 nitrogen and oxygen atoms in total. The Labute approximate surface area is 127 Å². The summed E-state index contributed by atoms with van der Waals surface area (Å²) < 4.78 is 0. The number of amides is 1. The first kappa shape index (κ1) is 16.0. The maximum Gasteiger partial charge on any atom is 0.224 e. The maximum absolute atomic E-state index is 12.1. The zero-order chi connectivity index (χ0) is 15.2. The van der Waals surface area contributed by atoms with Crippen LogP contribution in [0.4, 0.5) is 0 Å². The van der Waals surface area contributed by atoms with Crippen molar-refractivity contribution in [3.8, 4) is 0 Å². The minimum Gasteiger partial charge on any atom is -0.355 e. The highest BCUT2D eigenvalue weighted by Gasteiger charge is 2.25. The normalized spacial score (nSPS) is 19.5. The van der Waals surface area contributed by atoms with Crippen LogP contribution in [0.5, 0.6) is 0 Å². The van der Waals surface area contributed by atoms with E-state index >= 15 is 0 Å². The molecule has 1 aliphatic rings. The molecule has 0 radical (unpaired) electrons. The van der Waals surface area contributed by atoms with Crippen LogP contribution in [0.25, 0.3) is 0 Å². The number of piperidine rings is 1. The molecule has 0 aromatic heterocycles. The molecule has 1 unspecified atom stereocenters. The van der Waals surface area contributed by atoms with Crippen LogP contribution in [0.2, 0.25) is 0 Å². The van der Waals surface area contributed by atoms with E-state index < -0.39 is 0 Å². The summed E-state index contributed by atoms with van der Waals surface area (Å²) in [4.78, 5) is 14.5. The van der Waals surface area contributed by atoms with Crippen molar-refractivity contribution in [1.82, 2.24) is 10.2 Å². The summed E-state index contributed by atoms with van der Waals surface area (Å²) in [5, 5.41) is 2.92. The molecule has 2 rings (SSSR count). The highest BCUT2D eigenvalue weighted by atomic mass is 16.1. The molecule has 1 aromatic rings. The molecule has 0 aliphatic carbocycles. The van der Waals surface area contributed by atoms with Gasteiger partial charge >= 0.3 is 0 Å². The summed E-state index contributed by atoms with van der Waals surface area (Å²) in [7, 11) is 0. The van der Waals surface area contributed by atoms with E-state index in [1.165, 1.54) is 16.7 Å². The van der Waals surface area contributed by atoms with Gasteiger partial charge in [0.2, 0.25) is 5.91 Å². The van der Waals surface area contributed by atoms with Gasteiger partial charge in [0.1, 0.15) is 0 Å². The quantitative estimate of drug-likeness (QED) is 0.865. The Morgan fingerprint density at radius 2 is 2.10 bits per heavy atom. The van der Waals surface area contributed by atoms with Crippen LogP contribution < -0.4 is 11.1 Å². The summed E-state index contributed by atoms with van der Waals surface area (Å²) in [5.41, 5.74) is 9.52. The highest BCUT2D eigenvalue weighted by molar-refractivity contribution is 5.78. The van der Waals surface area contributed by atoms with Crippen molar-refractivity contribution >= 4 is 5.91 Å². The summed E-state index contributed by atoms with van der Waals surface area (Å²) in [6, 6.07) is 6.43.